The van der Waals surface area contributed by atoms with Crippen molar-refractivity contribution in [3.63, 3.8) is 0 Å². The lowest BCUT2D eigenvalue weighted by molar-refractivity contribution is -0.131. The van der Waals surface area contributed by atoms with Gasteiger partial charge in [0.05, 0.1) is 12.0 Å². The molecule has 2 heterocycles. The Kier molecular flexibility index (Phi) is 6.00. The normalized spacial score (nSPS) is 18.3. The van der Waals surface area contributed by atoms with Crippen LogP contribution in [0.1, 0.15) is 47.2 Å². The Hall–Kier alpha value is -2.92. The maximum absolute atomic E-state index is 12.8. The maximum atomic E-state index is 12.8. The fourth-order valence-electron chi connectivity index (χ4n) is 4.40. The number of hydrogen-bond donors (Lipinski definition) is 1. The third-order valence-electron chi connectivity index (χ3n) is 6.08. The maximum Gasteiger partial charge on any atom is 0.328 e. The zero-order valence-corrected chi connectivity index (χ0v) is 17.0. The molecular weight excluding hydrogens is 378 g/mol. The van der Waals surface area contributed by atoms with E-state index in [1.165, 1.54) is 11.6 Å². The highest BCUT2D eigenvalue weighted by molar-refractivity contribution is 6.01. The standard InChI is InChI=1S/C25H27NO4/c27-22-18-25(30-23-10-8-20(17-21(22)23)9-11-24(28)29)12-15-26(16-13-25)14-4-7-19-5-2-1-3-6-19/h1-3,5-6,8-11,17H,4,7,12-16,18H2,(H,28,29)/b11-9+. The first kappa shape index (κ1) is 20.4. The molecule has 4 rings (SSSR count). The summed E-state index contributed by atoms with van der Waals surface area (Å²) in [6.45, 7) is 2.95. The summed E-state index contributed by atoms with van der Waals surface area (Å²) in [5.74, 6) is -0.305. The minimum absolute atomic E-state index is 0.0827. The Morgan fingerprint density at radius 2 is 1.90 bits per heavy atom. The fourth-order valence-corrected chi connectivity index (χ4v) is 4.40. The number of fused-ring (bicyclic) bond motifs is 1. The summed E-state index contributed by atoms with van der Waals surface area (Å²) in [5, 5.41) is 8.78. The number of carboxylic acid groups (broad SMARTS) is 1. The molecule has 5 nitrogen and oxygen atoms in total. The van der Waals surface area contributed by atoms with Crippen LogP contribution < -0.4 is 4.74 Å². The second-order valence-corrected chi connectivity index (χ2v) is 8.24. The molecule has 0 atom stereocenters. The predicted molar refractivity (Wildman–Crippen MR) is 116 cm³/mol. The number of carbonyl (C=O) groups excluding carboxylic acids is 1. The molecule has 1 saturated heterocycles. The van der Waals surface area contributed by atoms with E-state index in [1.54, 1.807) is 18.2 Å². The van der Waals surface area contributed by atoms with Crippen LogP contribution in [0.4, 0.5) is 0 Å². The summed E-state index contributed by atoms with van der Waals surface area (Å²) in [6.07, 6.45) is 6.88. The first-order chi connectivity index (χ1) is 14.5. The van der Waals surface area contributed by atoms with Crippen LogP contribution in [0.5, 0.6) is 5.75 Å². The van der Waals surface area contributed by atoms with E-state index in [9.17, 15) is 9.59 Å². The minimum atomic E-state index is -1.01. The van der Waals surface area contributed by atoms with Gasteiger partial charge in [-0.1, -0.05) is 36.4 Å². The third kappa shape index (κ3) is 4.79. The van der Waals surface area contributed by atoms with Crippen molar-refractivity contribution in [2.75, 3.05) is 19.6 Å². The van der Waals surface area contributed by atoms with Gasteiger partial charge in [0, 0.05) is 32.0 Å². The van der Waals surface area contributed by atoms with Crippen molar-refractivity contribution in [3.8, 4) is 5.75 Å². The lowest BCUT2D eigenvalue weighted by Crippen LogP contribution is -2.51. The van der Waals surface area contributed by atoms with Gasteiger partial charge in [-0.2, -0.15) is 0 Å². The number of aryl methyl sites for hydroxylation is 1. The number of carboxylic acids is 1. The summed E-state index contributed by atoms with van der Waals surface area (Å²) < 4.78 is 6.35. The Bertz CT molecular complexity index is 943. The highest BCUT2D eigenvalue weighted by Crippen LogP contribution is 2.39. The summed E-state index contributed by atoms with van der Waals surface area (Å²) in [7, 11) is 0. The van der Waals surface area contributed by atoms with Crippen molar-refractivity contribution >= 4 is 17.8 Å². The van der Waals surface area contributed by atoms with Crippen LogP contribution in [-0.4, -0.2) is 47.0 Å². The van der Waals surface area contributed by atoms with E-state index in [-0.39, 0.29) is 5.78 Å². The largest absolute Gasteiger partial charge is 0.486 e. The van der Waals surface area contributed by atoms with E-state index < -0.39 is 11.6 Å². The lowest BCUT2D eigenvalue weighted by Gasteiger charge is -2.44. The van der Waals surface area contributed by atoms with Crippen molar-refractivity contribution in [2.24, 2.45) is 0 Å². The van der Waals surface area contributed by atoms with Gasteiger partial charge in [0.15, 0.2) is 5.78 Å². The number of hydrogen-bond acceptors (Lipinski definition) is 4. The molecule has 30 heavy (non-hydrogen) atoms. The molecule has 0 radical (unpaired) electrons. The quantitative estimate of drug-likeness (QED) is 0.729. The molecule has 2 aliphatic rings. The van der Waals surface area contributed by atoms with Crippen LogP contribution in [0.2, 0.25) is 0 Å². The highest BCUT2D eigenvalue weighted by atomic mass is 16.5. The van der Waals surface area contributed by atoms with Gasteiger partial charge in [-0.3, -0.25) is 4.79 Å². The molecule has 1 N–H and O–H groups in total. The van der Waals surface area contributed by atoms with Crippen LogP contribution in [0, 0.1) is 0 Å². The second kappa shape index (κ2) is 8.84. The molecule has 156 valence electrons. The third-order valence-corrected chi connectivity index (χ3v) is 6.08. The topological polar surface area (TPSA) is 66.8 Å². The molecular formula is C25H27NO4. The van der Waals surface area contributed by atoms with E-state index in [4.69, 9.17) is 9.84 Å². The second-order valence-electron chi connectivity index (χ2n) is 8.24. The van der Waals surface area contributed by atoms with Gasteiger partial charge in [0.1, 0.15) is 11.4 Å². The van der Waals surface area contributed by atoms with Crippen molar-refractivity contribution in [1.29, 1.82) is 0 Å². The predicted octanol–water partition coefficient (Wildman–Crippen LogP) is 4.22. The number of nitrogens with zero attached hydrogens (tertiary/aromatic N) is 1. The number of Topliss-reactive ketones (excluding diaryl/α,β-unsaturated/α-hetero) is 1. The number of piperidine rings is 1. The summed E-state index contributed by atoms with van der Waals surface area (Å²) in [6, 6.07) is 15.9. The number of rotatable bonds is 6. The van der Waals surface area contributed by atoms with Crippen LogP contribution >= 0.6 is 0 Å². The Balaban J connectivity index is 1.33. The molecule has 1 fully saturated rings. The van der Waals surface area contributed by atoms with Crippen LogP contribution in [0.15, 0.2) is 54.6 Å². The highest BCUT2D eigenvalue weighted by Gasteiger charge is 2.42. The first-order valence-corrected chi connectivity index (χ1v) is 10.6. The van der Waals surface area contributed by atoms with Gasteiger partial charge < -0.3 is 14.7 Å². The molecule has 0 aromatic heterocycles. The Morgan fingerprint density at radius 1 is 1.13 bits per heavy atom. The molecule has 0 unspecified atom stereocenters. The molecule has 2 aliphatic heterocycles. The molecule has 0 saturated carbocycles. The van der Waals surface area contributed by atoms with Gasteiger partial charge in [0.25, 0.3) is 0 Å². The molecule has 1 spiro atoms. The number of ketones is 1. The fraction of sp³-hybridized carbons (Fsp3) is 0.360. The molecule has 0 aliphatic carbocycles. The van der Waals surface area contributed by atoms with E-state index in [2.05, 4.69) is 29.2 Å². The average molecular weight is 405 g/mol. The SMILES string of the molecule is O=C(O)/C=C/c1ccc2c(c1)C(=O)CC1(CCN(CCCc3ccccc3)CC1)O2. The van der Waals surface area contributed by atoms with Gasteiger partial charge in [-0.15, -0.1) is 0 Å². The van der Waals surface area contributed by atoms with E-state index in [0.717, 1.165) is 51.4 Å². The Morgan fingerprint density at radius 3 is 2.63 bits per heavy atom. The van der Waals surface area contributed by atoms with E-state index in [0.29, 0.717) is 23.3 Å². The number of benzene rings is 2. The van der Waals surface area contributed by atoms with Gasteiger partial charge in [-0.25, -0.2) is 4.79 Å². The molecule has 0 amide bonds. The average Bonchev–Trinajstić information content (AvgIpc) is 2.75. The van der Waals surface area contributed by atoms with Crippen LogP contribution in [0.3, 0.4) is 0 Å². The number of ether oxygens (including phenoxy) is 1. The molecule has 0 bridgehead atoms. The smallest absolute Gasteiger partial charge is 0.328 e. The number of aliphatic carboxylic acids is 1. The first-order valence-electron chi connectivity index (χ1n) is 10.6. The van der Waals surface area contributed by atoms with Crippen molar-refractivity contribution in [3.05, 3.63) is 71.3 Å². The zero-order valence-electron chi connectivity index (χ0n) is 17.0. The lowest BCUT2D eigenvalue weighted by atomic mass is 9.82. The Labute approximate surface area is 177 Å². The summed E-state index contributed by atoms with van der Waals surface area (Å²) >= 11 is 0. The molecule has 2 aromatic carbocycles. The minimum Gasteiger partial charge on any atom is -0.486 e. The van der Waals surface area contributed by atoms with Crippen molar-refractivity contribution in [1.82, 2.24) is 4.90 Å². The van der Waals surface area contributed by atoms with Gasteiger partial charge in [0.2, 0.25) is 0 Å². The summed E-state index contributed by atoms with van der Waals surface area (Å²) in [4.78, 5) is 26.0. The van der Waals surface area contributed by atoms with E-state index in [1.807, 2.05) is 6.07 Å². The van der Waals surface area contributed by atoms with Crippen molar-refractivity contribution < 1.29 is 19.4 Å². The molecule has 2 aromatic rings. The van der Waals surface area contributed by atoms with Crippen LogP contribution in [0.25, 0.3) is 6.08 Å². The molecule has 5 heteroatoms. The van der Waals surface area contributed by atoms with Gasteiger partial charge in [-0.05, 0) is 48.7 Å². The van der Waals surface area contributed by atoms with Crippen LogP contribution in [-0.2, 0) is 11.2 Å². The number of likely N-dealkylation sites (tertiary alicyclic amines) is 1. The monoisotopic (exact) mass is 405 g/mol. The zero-order chi connectivity index (χ0) is 21.0. The van der Waals surface area contributed by atoms with E-state index >= 15 is 0 Å². The summed E-state index contributed by atoms with van der Waals surface area (Å²) in [5.41, 5.74) is 2.22. The number of carbonyl (C=O) groups is 2. The van der Waals surface area contributed by atoms with Crippen molar-refractivity contribution in [2.45, 2.75) is 37.7 Å². The van der Waals surface area contributed by atoms with Gasteiger partial charge >= 0.3 is 5.97 Å².